The fourth-order valence-corrected chi connectivity index (χ4v) is 3.87. The molecule has 2 atom stereocenters. The van der Waals surface area contributed by atoms with E-state index in [1.165, 1.54) is 23.2 Å². The molecule has 3 rings (SSSR count). The molecule has 0 aliphatic carbocycles. The van der Waals surface area contributed by atoms with Gasteiger partial charge >= 0.3 is 0 Å². The van der Waals surface area contributed by atoms with Crippen molar-refractivity contribution in [2.24, 2.45) is 0 Å². The Morgan fingerprint density at radius 1 is 1.17 bits per heavy atom. The lowest BCUT2D eigenvalue weighted by Crippen LogP contribution is -2.20. The zero-order chi connectivity index (χ0) is 17.1. The molecule has 1 aromatic carbocycles. The maximum atomic E-state index is 10.6. The normalized spacial score (nSPS) is 13.9. The van der Waals surface area contributed by atoms with Crippen molar-refractivity contribution in [1.29, 1.82) is 0 Å². The summed E-state index contributed by atoms with van der Waals surface area (Å²) in [6.45, 7) is 0. The van der Waals surface area contributed by atoms with Crippen molar-refractivity contribution in [3.05, 3.63) is 81.0 Å². The minimum atomic E-state index is -0.823. The Kier molecular flexibility index (Phi) is 5.26. The number of hydrogen-bond donors (Lipinski definition) is 1. The molecule has 0 amide bonds. The van der Waals surface area contributed by atoms with Gasteiger partial charge in [-0.25, -0.2) is 9.97 Å². The Morgan fingerprint density at radius 3 is 2.58 bits per heavy atom. The highest BCUT2D eigenvalue weighted by molar-refractivity contribution is 7.10. The number of halogens is 1. The maximum Gasteiger partial charge on any atom is 0.138 e. The third kappa shape index (κ3) is 3.49. The monoisotopic (exact) mass is 359 g/mol. The highest BCUT2D eigenvalue weighted by Crippen LogP contribution is 2.35. The van der Waals surface area contributed by atoms with Gasteiger partial charge < -0.3 is 5.11 Å². The fraction of sp³-hybridized carbons (Fsp3) is 0.222. The average molecular weight is 360 g/mol. The van der Waals surface area contributed by atoms with Crippen molar-refractivity contribution < 1.29 is 5.11 Å². The third-order valence-corrected chi connectivity index (χ3v) is 5.16. The summed E-state index contributed by atoms with van der Waals surface area (Å²) in [4.78, 5) is 10.9. The van der Waals surface area contributed by atoms with Gasteiger partial charge in [0.05, 0.1) is 6.04 Å². The first-order valence-corrected chi connectivity index (χ1v) is 8.77. The van der Waals surface area contributed by atoms with E-state index >= 15 is 0 Å². The predicted molar refractivity (Wildman–Crippen MR) is 97.4 cm³/mol. The highest BCUT2D eigenvalue weighted by atomic mass is 35.5. The van der Waals surface area contributed by atoms with Gasteiger partial charge in [0.2, 0.25) is 0 Å². The van der Waals surface area contributed by atoms with E-state index in [0.29, 0.717) is 5.56 Å². The lowest BCUT2D eigenvalue weighted by Gasteiger charge is -2.24. The number of aliphatic hydroxyl groups is 1. The Morgan fingerprint density at radius 2 is 1.92 bits per heavy atom. The molecular formula is C18H18ClN3OS. The summed E-state index contributed by atoms with van der Waals surface area (Å²) >= 11 is 7.58. The first-order valence-electron chi connectivity index (χ1n) is 7.51. The van der Waals surface area contributed by atoms with Crippen LogP contribution in [0.25, 0.3) is 0 Å². The molecule has 0 bridgehead atoms. The van der Waals surface area contributed by atoms with Crippen LogP contribution in [-0.4, -0.2) is 34.1 Å². The summed E-state index contributed by atoms with van der Waals surface area (Å²) in [5.74, 6) is 0. The topological polar surface area (TPSA) is 49.2 Å². The van der Waals surface area contributed by atoms with E-state index in [0.717, 1.165) is 10.4 Å². The second-order valence-corrected chi connectivity index (χ2v) is 7.03. The molecule has 6 heteroatoms. The van der Waals surface area contributed by atoms with Crippen molar-refractivity contribution in [3.63, 3.8) is 0 Å². The van der Waals surface area contributed by atoms with Gasteiger partial charge in [0.15, 0.2) is 0 Å². The van der Waals surface area contributed by atoms with Crippen LogP contribution >= 0.6 is 22.9 Å². The van der Waals surface area contributed by atoms with Crippen LogP contribution in [0.4, 0.5) is 0 Å². The minimum Gasteiger partial charge on any atom is -0.383 e. The van der Waals surface area contributed by atoms with Crippen LogP contribution in [0.5, 0.6) is 0 Å². The van der Waals surface area contributed by atoms with Crippen molar-refractivity contribution in [3.8, 4) is 0 Å². The molecule has 0 spiro atoms. The number of aliphatic hydroxyl groups excluding tert-OH is 1. The van der Waals surface area contributed by atoms with Crippen LogP contribution < -0.4 is 0 Å². The molecule has 0 radical (unpaired) electrons. The van der Waals surface area contributed by atoms with E-state index < -0.39 is 6.10 Å². The molecule has 2 aromatic heterocycles. The second kappa shape index (κ2) is 7.40. The first kappa shape index (κ1) is 17.0. The van der Waals surface area contributed by atoms with E-state index in [4.69, 9.17) is 11.6 Å². The third-order valence-electron chi connectivity index (χ3n) is 3.84. The second-order valence-electron chi connectivity index (χ2n) is 5.73. The van der Waals surface area contributed by atoms with E-state index in [-0.39, 0.29) is 11.2 Å². The molecule has 124 valence electrons. The summed E-state index contributed by atoms with van der Waals surface area (Å²) in [5.41, 5.74) is 2.87. The molecule has 0 saturated heterocycles. The summed E-state index contributed by atoms with van der Waals surface area (Å²) in [6, 6.07) is 12.5. The fourth-order valence-electron chi connectivity index (χ4n) is 2.74. The largest absolute Gasteiger partial charge is 0.383 e. The predicted octanol–water partition coefficient (Wildman–Crippen LogP) is 3.92. The number of nitrogens with zero attached hydrogens (tertiary/aromatic N) is 3. The van der Waals surface area contributed by atoms with Crippen molar-refractivity contribution in [2.45, 2.75) is 12.1 Å². The smallest absolute Gasteiger partial charge is 0.138 e. The van der Waals surface area contributed by atoms with Crippen molar-refractivity contribution in [2.75, 3.05) is 14.1 Å². The zero-order valence-electron chi connectivity index (χ0n) is 13.4. The van der Waals surface area contributed by atoms with E-state index in [2.05, 4.69) is 32.4 Å². The molecule has 3 aromatic rings. The van der Waals surface area contributed by atoms with E-state index in [1.807, 2.05) is 38.4 Å². The van der Waals surface area contributed by atoms with Crippen LogP contribution in [0.15, 0.2) is 54.3 Å². The molecule has 0 aliphatic heterocycles. The van der Waals surface area contributed by atoms with Gasteiger partial charge in [0.25, 0.3) is 0 Å². The molecule has 2 heterocycles. The van der Waals surface area contributed by atoms with Gasteiger partial charge in [-0.2, -0.15) is 0 Å². The van der Waals surface area contributed by atoms with Gasteiger partial charge in [0.1, 0.15) is 17.6 Å². The van der Waals surface area contributed by atoms with Crippen LogP contribution in [0.1, 0.15) is 33.7 Å². The molecule has 0 aliphatic rings. The molecular weight excluding hydrogens is 342 g/mol. The Hall–Kier alpha value is -1.79. The molecule has 0 fully saturated rings. The molecule has 24 heavy (non-hydrogen) atoms. The number of benzene rings is 1. The maximum absolute atomic E-state index is 10.6. The van der Waals surface area contributed by atoms with Crippen LogP contribution in [0.3, 0.4) is 0 Å². The van der Waals surface area contributed by atoms with Crippen LogP contribution in [-0.2, 0) is 0 Å². The summed E-state index contributed by atoms with van der Waals surface area (Å²) in [7, 11) is 4.10. The lowest BCUT2D eigenvalue weighted by atomic mass is 9.99. The van der Waals surface area contributed by atoms with E-state index in [1.54, 1.807) is 6.20 Å². The van der Waals surface area contributed by atoms with Gasteiger partial charge in [-0.15, -0.1) is 11.3 Å². The summed E-state index contributed by atoms with van der Waals surface area (Å²) in [6.07, 6.45) is 2.10. The quantitative estimate of drug-likeness (QED) is 0.701. The van der Waals surface area contributed by atoms with Crippen LogP contribution in [0, 0.1) is 0 Å². The lowest BCUT2D eigenvalue weighted by molar-refractivity contribution is 0.223. The number of thiophene rings is 1. The van der Waals surface area contributed by atoms with Gasteiger partial charge in [0, 0.05) is 16.6 Å². The molecule has 0 saturated carbocycles. The van der Waals surface area contributed by atoms with Crippen molar-refractivity contribution in [1.82, 2.24) is 14.9 Å². The minimum absolute atomic E-state index is 0.130. The molecule has 4 nitrogen and oxygen atoms in total. The zero-order valence-corrected chi connectivity index (χ0v) is 15.0. The number of rotatable bonds is 5. The molecule has 0 unspecified atom stereocenters. The Balaban J connectivity index is 1.93. The standard InChI is InChI=1S/C18H18ClN3OS/c1-22(2)16(12-6-4-3-5-7-12)13-8-15(24-10-13)17(23)14-9-20-11-21-18(14)19/h3-11,16-17,23H,1-2H3/t16-,17+/m0/s1. The van der Waals surface area contributed by atoms with Crippen molar-refractivity contribution >= 4 is 22.9 Å². The van der Waals surface area contributed by atoms with Gasteiger partial charge in [-0.05, 0) is 36.7 Å². The highest BCUT2D eigenvalue weighted by Gasteiger charge is 2.22. The van der Waals surface area contributed by atoms with Gasteiger partial charge in [-0.1, -0.05) is 41.9 Å². The van der Waals surface area contributed by atoms with Gasteiger partial charge in [-0.3, -0.25) is 4.90 Å². The first-order chi connectivity index (χ1) is 11.6. The molecule has 1 N–H and O–H groups in total. The van der Waals surface area contributed by atoms with E-state index in [9.17, 15) is 5.11 Å². The average Bonchev–Trinajstić information content (AvgIpc) is 3.05. The number of aromatic nitrogens is 2. The summed E-state index contributed by atoms with van der Waals surface area (Å²) in [5, 5.41) is 13.0. The number of hydrogen-bond acceptors (Lipinski definition) is 5. The summed E-state index contributed by atoms with van der Waals surface area (Å²) < 4.78 is 0. The Bertz CT molecular complexity index is 807. The SMILES string of the molecule is CN(C)[C@@H](c1ccccc1)c1csc([C@H](O)c2cncnc2Cl)c1. The van der Waals surface area contributed by atoms with Crippen LogP contribution in [0.2, 0.25) is 5.15 Å². The Labute approximate surface area is 150 Å².